The van der Waals surface area contributed by atoms with E-state index in [-0.39, 0.29) is 0 Å². The van der Waals surface area contributed by atoms with Crippen LogP contribution < -0.4 is 0 Å². The van der Waals surface area contributed by atoms with E-state index in [1.54, 1.807) is 0 Å². The maximum absolute atomic E-state index is 6.41. The number of nitrogens with zero attached hydrogens (tertiary/aromatic N) is 3. The molecule has 0 saturated carbocycles. The lowest BCUT2D eigenvalue weighted by molar-refractivity contribution is 1.12. The molecule has 0 spiro atoms. The predicted octanol–water partition coefficient (Wildman–Crippen LogP) is 7.45. The molecular weight excluding hydrogens is 390 g/mol. The molecule has 0 fully saturated rings. The normalized spacial score (nSPS) is 12.3. The Hall–Kier alpha value is -2.78. The molecule has 30 heavy (non-hydrogen) atoms. The number of aromatic nitrogens is 1. The zero-order chi connectivity index (χ0) is 21.7. The number of aliphatic imine (C=N–C) groups is 2. The highest BCUT2D eigenvalue weighted by Crippen LogP contribution is 2.30. The summed E-state index contributed by atoms with van der Waals surface area (Å²) in [5.41, 5.74) is 8.80. The van der Waals surface area contributed by atoms with E-state index in [9.17, 15) is 0 Å². The van der Waals surface area contributed by atoms with Crippen molar-refractivity contribution >= 4 is 34.4 Å². The summed E-state index contributed by atoms with van der Waals surface area (Å²) in [7, 11) is 0. The molecule has 0 radical (unpaired) electrons. The summed E-state index contributed by atoms with van der Waals surface area (Å²) < 4.78 is 0. The molecule has 3 rings (SSSR count). The van der Waals surface area contributed by atoms with Crippen LogP contribution in [0.25, 0.3) is 0 Å². The van der Waals surface area contributed by atoms with Gasteiger partial charge in [-0.1, -0.05) is 61.8 Å². The summed E-state index contributed by atoms with van der Waals surface area (Å²) in [4.78, 5) is 14.6. The summed E-state index contributed by atoms with van der Waals surface area (Å²) in [5, 5.41) is 0.661. The monoisotopic (exact) mass is 417 g/mol. The standard InChI is InChI=1S/C26H28ClN3/c1-6-20-12-8-11-17(3)25(20)28-18(4)23-15-10-16-24(30-23)19(5)29-26-21(7-2)13-9-14-22(26)27/h8-16H,6-7H2,1-5H3. The summed E-state index contributed by atoms with van der Waals surface area (Å²) in [5.74, 6) is 0. The highest BCUT2D eigenvalue weighted by atomic mass is 35.5. The third kappa shape index (κ3) is 4.85. The number of para-hydroxylation sites is 2. The largest absolute Gasteiger partial charge is 0.251 e. The van der Waals surface area contributed by atoms with Crippen molar-refractivity contribution in [1.82, 2.24) is 4.98 Å². The highest BCUT2D eigenvalue weighted by Gasteiger charge is 2.09. The van der Waals surface area contributed by atoms with Crippen LogP contribution in [0, 0.1) is 6.92 Å². The number of rotatable bonds is 6. The van der Waals surface area contributed by atoms with E-state index in [1.165, 1.54) is 11.1 Å². The molecule has 0 aliphatic carbocycles. The van der Waals surface area contributed by atoms with Crippen LogP contribution in [0.5, 0.6) is 0 Å². The molecule has 0 unspecified atom stereocenters. The molecule has 4 heteroatoms. The summed E-state index contributed by atoms with van der Waals surface area (Å²) in [6.45, 7) is 10.3. The number of halogens is 1. The molecule has 0 bridgehead atoms. The smallest absolute Gasteiger partial charge is 0.0851 e. The van der Waals surface area contributed by atoms with Gasteiger partial charge >= 0.3 is 0 Å². The van der Waals surface area contributed by atoms with Gasteiger partial charge in [-0.05, 0) is 68.5 Å². The zero-order valence-corrected chi connectivity index (χ0v) is 19.1. The molecule has 0 amide bonds. The maximum atomic E-state index is 6.41. The third-order valence-electron chi connectivity index (χ3n) is 5.20. The molecule has 3 aromatic rings. The fourth-order valence-corrected chi connectivity index (χ4v) is 3.66. The average molecular weight is 418 g/mol. The molecule has 3 nitrogen and oxygen atoms in total. The van der Waals surface area contributed by atoms with Gasteiger partial charge in [-0.3, -0.25) is 4.99 Å². The molecular formula is C26H28ClN3. The van der Waals surface area contributed by atoms with Crippen molar-refractivity contribution in [2.24, 2.45) is 9.98 Å². The van der Waals surface area contributed by atoms with Gasteiger partial charge in [0, 0.05) is 0 Å². The van der Waals surface area contributed by atoms with E-state index in [2.05, 4.69) is 45.0 Å². The topological polar surface area (TPSA) is 37.6 Å². The minimum atomic E-state index is 0.661. The summed E-state index contributed by atoms with van der Waals surface area (Å²) >= 11 is 6.41. The first-order valence-corrected chi connectivity index (χ1v) is 10.8. The number of benzene rings is 2. The Bertz CT molecular complexity index is 1030. The van der Waals surface area contributed by atoms with Crippen LogP contribution in [0.1, 0.15) is 55.8 Å². The quantitative estimate of drug-likeness (QED) is 0.383. The van der Waals surface area contributed by atoms with Crippen molar-refractivity contribution < 1.29 is 0 Å². The number of hydrogen-bond acceptors (Lipinski definition) is 3. The second-order valence-corrected chi connectivity index (χ2v) is 7.75. The lowest BCUT2D eigenvalue weighted by atomic mass is 10.1. The lowest BCUT2D eigenvalue weighted by Crippen LogP contribution is -2.05. The minimum Gasteiger partial charge on any atom is -0.251 e. The van der Waals surface area contributed by atoms with Crippen LogP contribution in [0.15, 0.2) is 64.6 Å². The average Bonchev–Trinajstić information content (AvgIpc) is 2.76. The number of aryl methyl sites for hydroxylation is 3. The first-order chi connectivity index (χ1) is 14.4. The van der Waals surface area contributed by atoms with Gasteiger partial charge in [-0.2, -0.15) is 0 Å². The zero-order valence-electron chi connectivity index (χ0n) is 18.3. The van der Waals surface area contributed by atoms with Crippen molar-refractivity contribution in [2.45, 2.75) is 47.5 Å². The predicted molar refractivity (Wildman–Crippen MR) is 129 cm³/mol. The van der Waals surface area contributed by atoms with Crippen LogP contribution in [-0.4, -0.2) is 16.4 Å². The maximum Gasteiger partial charge on any atom is 0.0851 e. The van der Waals surface area contributed by atoms with Gasteiger partial charge < -0.3 is 0 Å². The Morgan fingerprint density at radius 3 is 1.87 bits per heavy atom. The summed E-state index contributed by atoms with van der Waals surface area (Å²) in [6.07, 6.45) is 1.83. The van der Waals surface area contributed by atoms with Crippen molar-refractivity contribution in [3.05, 3.63) is 87.7 Å². The number of pyridine rings is 1. The molecule has 0 atom stereocenters. The van der Waals surface area contributed by atoms with Gasteiger partial charge in [-0.15, -0.1) is 0 Å². The first kappa shape index (κ1) is 21.9. The van der Waals surface area contributed by atoms with Crippen LogP contribution >= 0.6 is 11.6 Å². The van der Waals surface area contributed by atoms with Gasteiger partial charge in [-0.25, -0.2) is 9.98 Å². The summed E-state index contributed by atoms with van der Waals surface area (Å²) in [6, 6.07) is 18.2. The molecule has 0 N–H and O–H groups in total. The van der Waals surface area contributed by atoms with Crippen LogP contribution in [0.3, 0.4) is 0 Å². The first-order valence-electron chi connectivity index (χ1n) is 10.4. The van der Waals surface area contributed by atoms with E-state index in [1.807, 2.05) is 44.2 Å². The fraction of sp³-hybridized carbons (Fsp3) is 0.269. The molecule has 0 aliphatic rings. The third-order valence-corrected chi connectivity index (χ3v) is 5.51. The molecule has 0 aliphatic heterocycles. The molecule has 0 saturated heterocycles. The van der Waals surface area contributed by atoms with Crippen molar-refractivity contribution in [1.29, 1.82) is 0 Å². The van der Waals surface area contributed by atoms with Gasteiger partial charge in [0.15, 0.2) is 0 Å². The second-order valence-electron chi connectivity index (χ2n) is 7.34. The Balaban J connectivity index is 1.99. The number of hydrogen-bond donors (Lipinski definition) is 0. The van der Waals surface area contributed by atoms with E-state index in [0.29, 0.717) is 5.02 Å². The highest BCUT2D eigenvalue weighted by molar-refractivity contribution is 6.33. The Morgan fingerprint density at radius 2 is 1.27 bits per heavy atom. The van der Waals surface area contributed by atoms with Crippen LogP contribution in [0.2, 0.25) is 5.02 Å². The van der Waals surface area contributed by atoms with E-state index in [4.69, 9.17) is 26.6 Å². The van der Waals surface area contributed by atoms with E-state index in [0.717, 1.165) is 52.6 Å². The van der Waals surface area contributed by atoms with Crippen LogP contribution in [0.4, 0.5) is 11.4 Å². The SMILES string of the molecule is CCc1cccc(C)c1N=C(C)c1cccc(C(C)=Nc2c(Cl)cccc2CC)n1. The minimum absolute atomic E-state index is 0.661. The van der Waals surface area contributed by atoms with Gasteiger partial charge in [0.1, 0.15) is 0 Å². The Morgan fingerprint density at radius 1 is 0.767 bits per heavy atom. The van der Waals surface area contributed by atoms with Crippen molar-refractivity contribution in [3.63, 3.8) is 0 Å². The Kier molecular flexibility index (Phi) is 7.17. The van der Waals surface area contributed by atoms with Crippen molar-refractivity contribution in [2.75, 3.05) is 0 Å². The Labute approximate surface area is 184 Å². The van der Waals surface area contributed by atoms with E-state index < -0.39 is 0 Å². The van der Waals surface area contributed by atoms with E-state index >= 15 is 0 Å². The van der Waals surface area contributed by atoms with Crippen LogP contribution in [-0.2, 0) is 12.8 Å². The molecule has 2 aromatic carbocycles. The van der Waals surface area contributed by atoms with Gasteiger partial charge in [0.2, 0.25) is 0 Å². The van der Waals surface area contributed by atoms with Gasteiger partial charge in [0.05, 0.1) is 39.2 Å². The van der Waals surface area contributed by atoms with Gasteiger partial charge in [0.25, 0.3) is 0 Å². The molecule has 1 aromatic heterocycles. The van der Waals surface area contributed by atoms with Crippen molar-refractivity contribution in [3.8, 4) is 0 Å². The molecule has 1 heterocycles. The second kappa shape index (κ2) is 9.82. The fourth-order valence-electron chi connectivity index (χ4n) is 3.42. The lowest BCUT2D eigenvalue weighted by Gasteiger charge is -2.10. The molecule has 154 valence electrons.